The van der Waals surface area contributed by atoms with Crippen LogP contribution in [-0.2, 0) is 12.8 Å². The Morgan fingerprint density at radius 1 is 1.36 bits per heavy atom. The predicted octanol–water partition coefficient (Wildman–Crippen LogP) is 3.32. The third-order valence-corrected chi connectivity index (χ3v) is 5.27. The molecule has 0 radical (unpaired) electrons. The molecule has 1 aromatic carbocycles. The summed E-state index contributed by atoms with van der Waals surface area (Å²) >= 11 is 1.88. The van der Waals surface area contributed by atoms with Crippen LogP contribution < -0.4 is 10.6 Å². The molecule has 2 N–H and O–H groups in total. The molecule has 0 bridgehead atoms. The zero-order valence-corrected chi connectivity index (χ0v) is 13.7. The molecular formula is C18H22N2OS. The SMILES string of the molecule is CNC(=O)c1cccc(CCN[C@H]2CCCc3sccc32)c1. The average Bonchev–Trinajstić information content (AvgIpc) is 3.04. The normalized spacial score (nSPS) is 17.0. The molecule has 0 aliphatic heterocycles. The number of nitrogens with one attached hydrogen (secondary N) is 2. The van der Waals surface area contributed by atoms with Crippen molar-refractivity contribution >= 4 is 17.2 Å². The van der Waals surface area contributed by atoms with Gasteiger partial charge in [-0.15, -0.1) is 11.3 Å². The number of fused-ring (bicyclic) bond motifs is 1. The van der Waals surface area contributed by atoms with Crippen LogP contribution in [0.2, 0.25) is 0 Å². The summed E-state index contributed by atoms with van der Waals surface area (Å²) in [7, 11) is 1.66. The van der Waals surface area contributed by atoms with E-state index in [1.54, 1.807) is 11.9 Å². The number of aryl methyl sites for hydroxylation is 1. The van der Waals surface area contributed by atoms with Crippen molar-refractivity contribution in [1.82, 2.24) is 10.6 Å². The van der Waals surface area contributed by atoms with Crippen molar-refractivity contribution in [2.75, 3.05) is 13.6 Å². The quantitative estimate of drug-likeness (QED) is 0.889. The summed E-state index contributed by atoms with van der Waals surface area (Å²) in [5.74, 6) is -0.0231. The summed E-state index contributed by atoms with van der Waals surface area (Å²) in [5, 5.41) is 8.56. The summed E-state index contributed by atoms with van der Waals surface area (Å²) in [4.78, 5) is 13.2. The molecule has 0 unspecified atom stereocenters. The Bertz CT molecular complexity index is 650. The van der Waals surface area contributed by atoms with Crippen LogP contribution >= 0.6 is 11.3 Å². The molecule has 2 aromatic rings. The van der Waals surface area contributed by atoms with E-state index in [9.17, 15) is 4.79 Å². The van der Waals surface area contributed by atoms with Gasteiger partial charge >= 0.3 is 0 Å². The number of carbonyl (C=O) groups is 1. The van der Waals surface area contributed by atoms with Gasteiger partial charge in [-0.2, -0.15) is 0 Å². The van der Waals surface area contributed by atoms with Crippen LogP contribution in [0.5, 0.6) is 0 Å². The van der Waals surface area contributed by atoms with Crippen LogP contribution in [0, 0.1) is 0 Å². The molecule has 3 rings (SSSR count). The lowest BCUT2D eigenvalue weighted by Crippen LogP contribution is -2.26. The smallest absolute Gasteiger partial charge is 0.251 e. The summed E-state index contributed by atoms with van der Waals surface area (Å²) in [6, 6.07) is 10.6. The molecule has 0 saturated carbocycles. The number of thiophene rings is 1. The van der Waals surface area contributed by atoms with Gasteiger partial charge in [-0.05, 0) is 66.9 Å². The van der Waals surface area contributed by atoms with Gasteiger partial charge in [0.05, 0.1) is 0 Å². The molecule has 1 aliphatic carbocycles. The second-order valence-electron chi connectivity index (χ2n) is 5.73. The third kappa shape index (κ3) is 3.39. The van der Waals surface area contributed by atoms with Crippen molar-refractivity contribution in [3.63, 3.8) is 0 Å². The fourth-order valence-electron chi connectivity index (χ4n) is 3.10. The first kappa shape index (κ1) is 15.3. The number of hydrogen-bond acceptors (Lipinski definition) is 3. The van der Waals surface area contributed by atoms with Crippen molar-refractivity contribution in [3.05, 3.63) is 57.3 Å². The van der Waals surface area contributed by atoms with E-state index in [-0.39, 0.29) is 5.91 Å². The second-order valence-corrected chi connectivity index (χ2v) is 6.73. The highest BCUT2D eigenvalue weighted by molar-refractivity contribution is 7.10. The standard InChI is InChI=1S/C18H22N2OS/c1-19-18(21)14-5-2-4-13(12-14)8-10-20-16-6-3-7-17-15(16)9-11-22-17/h2,4-5,9,11-12,16,20H,3,6-8,10H2,1H3,(H,19,21)/t16-/m0/s1. The highest BCUT2D eigenvalue weighted by Crippen LogP contribution is 2.33. The minimum Gasteiger partial charge on any atom is -0.355 e. The Morgan fingerprint density at radius 3 is 3.14 bits per heavy atom. The van der Waals surface area contributed by atoms with Gasteiger partial charge in [0.1, 0.15) is 0 Å². The second kappa shape index (κ2) is 7.07. The number of benzene rings is 1. The van der Waals surface area contributed by atoms with Crippen LogP contribution in [-0.4, -0.2) is 19.5 Å². The zero-order valence-electron chi connectivity index (χ0n) is 12.9. The molecule has 3 nitrogen and oxygen atoms in total. The van der Waals surface area contributed by atoms with Gasteiger partial charge in [-0.1, -0.05) is 12.1 Å². The minimum absolute atomic E-state index is 0.0231. The summed E-state index contributed by atoms with van der Waals surface area (Å²) in [6.45, 7) is 0.942. The van der Waals surface area contributed by atoms with Crippen molar-refractivity contribution < 1.29 is 4.79 Å². The first-order valence-electron chi connectivity index (χ1n) is 7.88. The highest BCUT2D eigenvalue weighted by atomic mass is 32.1. The van der Waals surface area contributed by atoms with E-state index < -0.39 is 0 Å². The van der Waals surface area contributed by atoms with Gasteiger partial charge < -0.3 is 10.6 Å². The van der Waals surface area contributed by atoms with Crippen LogP contribution in [0.4, 0.5) is 0 Å². The maximum Gasteiger partial charge on any atom is 0.251 e. The Kier molecular flexibility index (Phi) is 4.90. The fraction of sp³-hybridized carbons (Fsp3) is 0.389. The highest BCUT2D eigenvalue weighted by Gasteiger charge is 2.20. The molecule has 116 valence electrons. The van der Waals surface area contributed by atoms with Crippen LogP contribution in [0.25, 0.3) is 0 Å². The van der Waals surface area contributed by atoms with Crippen molar-refractivity contribution in [2.45, 2.75) is 31.7 Å². The zero-order chi connectivity index (χ0) is 15.4. The van der Waals surface area contributed by atoms with E-state index in [0.717, 1.165) is 18.5 Å². The third-order valence-electron chi connectivity index (χ3n) is 4.27. The fourth-order valence-corrected chi connectivity index (χ4v) is 4.09. The topological polar surface area (TPSA) is 41.1 Å². The molecule has 1 aliphatic rings. The van der Waals surface area contributed by atoms with E-state index >= 15 is 0 Å². The number of hydrogen-bond donors (Lipinski definition) is 2. The van der Waals surface area contributed by atoms with Crippen LogP contribution in [0.3, 0.4) is 0 Å². The van der Waals surface area contributed by atoms with E-state index in [1.165, 1.54) is 30.4 Å². The number of rotatable bonds is 5. The molecule has 1 heterocycles. The van der Waals surface area contributed by atoms with Crippen molar-refractivity contribution in [2.24, 2.45) is 0 Å². The van der Waals surface area contributed by atoms with Crippen molar-refractivity contribution in [1.29, 1.82) is 0 Å². The lowest BCUT2D eigenvalue weighted by molar-refractivity contribution is 0.0963. The molecule has 0 fully saturated rings. The Hall–Kier alpha value is -1.65. The summed E-state index contributed by atoms with van der Waals surface area (Å²) in [6.07, 6.45) is 4.68. The van der Waals surface area contributed by atoms with E-state index in [0.29, 0.717) is 6.04 Å². The minimum atomic E-state index is -0.0231. The molecule has 22 heavy (non-hydrogen) atoms. The maximum atomic E-state index is 11.7. The average molecular weight is 314 g/mol. The summed E-state index contributed by atoms with van der Waals surface area (Å²) in [5.41, 5.74) is 3.43. The van der Waals surface area contributed by atoms with E-state index in [1.807, 2.05) is 29.5 Å². The predicted molar refractivity (Wildman–Crippen MR) is 91.5 cm³/mol. The monoisotopic (exact) mass is 314 g/mol. The molecular weight excluding hydrogens is 292 g/mol. The Labute approximate surface area is 135 Å². The molecule has 0 spiro atoms. The Balaban J connectivity index is 1.57. The first-order valence-corrected chi connectivity index (χ1v) is 8.76. The number of amides is 1. The Morgan fingerprint density at radius 2 is 2.27 bits per heavy atom. The van der Waals surface area contributed by atoms with Gasteiger partial charge in [-0.25, -0.2) is 0 Å². The molecule has 1 aromatic heterocycles. The first-order chi connectivity index (χ1) is 10.8. The molecule has 1 atom stereocenters. The largest absolute Gasteiger partial charge is 0.355 e. The lowest BCUT2D eigenvalue weighted by atomic mass is 9.94. The maximum absolute atomic E-state index is 11.7. The molecule has 0 saturated heterocycles. The summed E-state index contributed by atoms with van der Waals surface area (Å²) < 4.78 is 0. The van der Waals surface area contributed by atoms with Gasteiger partial charge in [-0.3, -0.25) is 4.79 Å². The van der Waals surface area contributed by atoms with Crippen molar-refractivity contribution in [3.8, 4) is 0 Å². The van der Waals surface area contributed by atoms with E-state index in [4.69, 9.17) is 0 Å². The van der Waals surface area contributed by atoms with Gasteiger partial charge in [0.2, 0.25) is 0 Å². The van der Waals surface area contributed by atoms with E-state index in [2.05, 4.69) is 28.1 Å². The van der Waals surface area contributed by atoms with Crippen LogP contribution in [0.1, 0.15) is 45.2 Å². The van der Waals surface area contributed by atoms with Gasteiger partial charge in [0.15, 0.2) is 0 Å². The lowest BCUT2D eigenvalue weighted by Gasteiger charge is -2.23. The van der Waals surface area contributed by atoms with Gasteiger partial charge in [0, 0.05) is 23.5 Å². The number of carbonyl (C=O) groups excluding carboxylic acids is 1. The van der Waals surface area contributed by atoms with Gasteiger partial charge in [0.25, 0.3) is 5.91 Å². The molecule has 1 amide bonds. The van der Waals surface area contributed by atoms with Crippen LogP contribution in [0.15, 0.2) is 35.7 Å². The molecule has 4 heteroatoms.